The SMILES string of the molecule is O=C(c1ccc(F)cc1)N1CCCN(C(=O)c2csc(Cc3ccccc3)n2)CC1. The fraction of sp³-hybridized carbons (Fsp3) is 0.261. The molecule has 0 N–H and O–H groups in total. The predicted octanol–water partition coefficient (Wildman–Crippen LogP) is 3.86. The molecule has 0 spiro atoms. The van der Waals surface area contributed by atoms with Crippen LogP contribution in [0.3, 0.4) is 0 Å². The fourth-order valence-corrected chi connectivity index (χ4v) is 4.32. The zero-order valence-electron chi connectivity index (χ0n) is 16.5. The monoisotopic (exact) mass is 423 g/mol. The standard InChI is InChI=1S/C23H22FN3O2S/c24-19-9-7-18(8-10-19)22(28)26-11-4-12-27(14-13-26)23(29)20-16-30-21(25-20)15-17-5-2-1-3-6-17/h1-3,5-10,16H,4,11-15H2. The molecule has 154 valence electrons. The van der Waals surface area contributed by atoms with Crippen LogP contribution in [0.2, 0.25) is 0 Å². The van der Waals surface area contributed by atoms with Crippen LogP contribution in [0.15, 0.2) is 60.0 Å². The normalized spacial score (nSPS) is 14.4. The lowest BCUT2D eigenvalue weighted by molar-refractivity contribution is 0.0716. The molecule has 1 saturated heterocycles. The third-order valence-electron chi connectivity index (χ3n) is 5.13. The van der Waals surface area contributed by atoms with Gasteiger partial charge in [-0.15, -0.1) is 11.3 Å². The molecule has 0 saturated carbocycles. The zero-order chi connectivity index (χ0) is 20.9. The summed E-state index contributed by atoms with van der Waals surface area (Å²) in [6, 6.07) is 15.6. The molecule has 2 aromatic carbocycles. The first-order chi connectivity index (χ1) is 14.6. The highest BCUT2D eigenvalue weighted by molar-refractivity contribution is 7.09. The van der Waals surface area contributed by atoms with Crippen molar-refractivity contribution in [3.05, 3.63) is 87.6 Å². The number of benzene rings is 2. The van der Waals surface area contributed by atoms with Crippen molar-refractivity contribution in [1.82, 2.24) is 14.8 Å². The molecule has 1 fully saturated rings. The first-order valence-electron chi connectivity index (χ1n) is 9.92. The Morgan fingerprint density at radius 2 is 1.57 bits per heavy atom. The van der Waals surface area contributed by atoms with Gasteiger partial charge in [-0.1, -0.05) is 30.3 Å². The van der Waals surface area contributed by atoms with E-state index in [0.29, 0.717) is 50.3 Å². The van der Waals surface area contributed by atoms with E-state index in [1.807, 2.05) is 35.7 Å². The van der Waals surface area contributed by atoms with Gasteiger partial charge in [0.2, 0.25) is 0 Å². The summed E-state index contributed by atoms with van der Waals surface area (Å²) >= 11 is 1.49. The lowest BCUT2D eigenvalue weighted by atomic mass is 10.2. The van der Waals surface area contributed by atoms with E-state index in [1.54, 1.807) is 9.80 Å². The van der Waals surface area contributed by atoms with Crippen LogP contribution in [0, 0.1) is 5.82 Å². The lowest BCUT2D eigenvalue weighted by Crippen LogP contribution is -2.37. The van der Waals surface area contributed by atoms with E-state index in [2.05, 4.69) is 4.98 Å². The van der Waals surface area contributed by atoms with Crippen LogP contribution in [-0.4, -0.2) is 52.8 Å². The van der Waals surface area contributed by atoms with Gasteiger partial charge in [0.25, 0.3) is 11.8 Å². The molecule has 1 aliphatic heterocycles. The summed E-state index contributed by atoms with van der Waals surface area (Å²) in [6.45, 7) is 2.05. The Labute approximate surface area is 178 Å². The van der Waals surface area contributed by atoms with Gasteiger partial charge in [-0.25, -0.2) is 9.37 Å². The number of carbonyl (C=O) groups is 2. The van der Waals surface area contributed by atoms with Crippen LogP contribution in [0.25, 0.3) is 0 Å². The summed E-state index contributed by atoms with van der Waals surface area (Å²) < 4.78 is 13.1. The number of carbonyl (C=O) groups excluding carboxylic acids is 2. The van der Waals surface area contributed by atoms with Gasteiger partial charge in [0.1, 0.15) is 11.5 Å². The van der Waals surface area contributed by atoms with Crippen molar-refractivity contribution in [2.45, 2.75) is 12.8 Å². The second-order valence-electron chi connectivity index (χ2n) is 7.23. The fourth-order valence-electron chi connectivity index (χ4n) is 3.52. The van der Waals surface area contributed by atoms with Crippen molar-refractivity contribution in [3.63, 3.8) is 0 Å². The van der Waals surface area contributed by atoms with Crippen LogP contribution in [0.5, 0.6) is 0 Å². The van der Waals surface area contributed by atoms with Gasteiger partial charge in [-0.3, -0.25) is 9.59 Å². The summed E-state index contributed by atoms with van der Waals surface area (Å²) in [5, 5.41) is 2.72. The molecular formula is C23H22FN3O2S. The van der Waals surface area contributed by atoms with Crippen LogP contribution >= 0.6 is 11.3 Å². The second-order valence-corrected chi connectivity index (χ2v) is 8.18. The number of thiazole rings is 1. The van der Waals surface area contributed by atoms with Crippen LogP contribution in [0.4, 0.5) is 4.39 Å². The molecule has 2 heterocycles. The third-order valence-corrected chi connectivity index (χ3v) is 5.98. The number of amides is 2. The predicted molar refractivity (Wildman–Crippen MR) is 114 cm³/mol. The van der Waals surface area contributed by atoms with Crippen LogP contribution < -0.4 is 0 Å². The van der Waals surface area contributed by atoms with Crippen molar-refractivity contribution in [1.29, 1.82) is 0 Å². The minimum absolute atomic E-state index is 0.0957. The van der Waals surface area contributed by atoms with Gasteiger partial charge in [0.05, 0.1) is 5.01 Å². The first kappa shape index (κ1) is 20.2. The van der Waals surface area contributed by atoms with Crippen molar-refractivity contribution in [2.24, 2.45) is 0 Å². The highest BCUT2D eigenvalue weighted by Crippen LogP contribution is 2.17. The van der Waals surface area contributed by atoms with Gasteiger partial charge in [0, 0.05) is 43.5 Å². The molecule has 5 nitrogen and oxygen atoms in total. The molecule has 2 amide bonds. The number of hydrogen-bond donors (Lipinski definition) is 0. The molecule has 4 rings (SSSR count). The summed E-state index contributed by atoms with van der Waals surface area (Å²) in [6.07, 6.45) is 1.40. The average Bonchev–Trinajstić information content (AvgIpc) is 3.09. The largest absolute Gasteiger partial charge is 0.337 e. The van der Waals surface area contributed by atoms with Crippen molar-refractivity contribution in [3.8, 4) is 0 Å². The van der Waals surface area contributed by atoms with Gasteiger partial charge < -0.3 is 9.80 Å². The first-order valence-corrected chi connectivity index (χ1v) is 10.8. The minimum atomic E-state index is -0.367. The Kier molecular flexibility index (Phi) is 6.18. The molecule has 3 aromatic rings. The minimum Gasteiger partial charge on any atom is -0.337 e. The third kappa shape index (κ3) is 4.74. The Morgan fingerprint density at radius 1 is 0.900 bits per heavy atom. The number of hydrogen-bond acceptors (Lipinski definition) is 4. The molecule has 0 unspecified atom stereocenters. The van der Waals surface area contributed by atoms with Crippen molar-refractivity contribution >= 4 is 23.2 Å². The molecule has 0 aliphatic carbocycles. The molecule has 1 aliphatic rings. The van der Waals surface area contributed by atoms with E-state index in [-0.39, 0.29) is 17.6 Å². The van der Waals surface area contributed by atoms with Gasteiger partial charge in [-0.05, 0) is 36.2 Å². The van der Waals surface area contributed by atoms with E-state index in [1.165, 1.54) is 35.6 Å². The summed E-state index contributed by atoms with van der Waals surface area (Å²) in [4.78, 5) is 33.6. The topological polar surface area (TPSA) is 53.5 Å². The number of aromatic nitrogens is 1. The maximum Gasteiger partial charge on any atom is 0.273 e. The van der Waals surface area contributed by atoms with E-state index < -0.39 is 0 Å². The zero-order valence-corrected chi connectivity index (χ0v) is 17.3. The maximum absolute atomic E-state index is 13.1. The second kappa shape index (κ2) is 9.17. The Morgan fingerprint density at radius 3 is 2.27 bits per heavy atom. The highest BCUT2D eigenvalue weighted by Gasteiger charge is 2.25. The van der Waals surface area contributed by atoms with E-state index in [9.17, 15) is 14.0 Å². The lowest BCUT2D eigenvalue weighted by Gasteiger charge is -2.21. The summed E-state index contributed by atoms with van der Waals surface area (Å²) in [7, 11) is 0. The Balaban J connectivity index is 1.38. The average molecular weight is 424 g/mol. The maximum atomic E-state index is 13.1. The van der Waals surface area contributed by atoms with Gasteiger partial charge in [0.15, 0.2) is 0 Å². The van der Waals surface area contributed by atoms with Gasteiger partial charge in [-0.2, -0.15) is 0 Å². The van der Waals surface area contributed by atoms with Gasteiger partial charge >= 0.3 is 0 Å². The molecule has 30 heavy (non-hydrogen) atoms. The summed E-state index contributed by atoms with van der Waals surface area (Å²) in [5.41, 5.74) is 2.08. The van der Waals surface area contributed by atoms with E-state index in [0.717, 1.165) is 10.6 Å². The Hall–Kier alpha value is -3.06. The number of nitrogens with zero attached hydrogens (tertiary/aromatic N) is 3. The van der Waals surface area contributed by atoms with Crippen molar-refractivity contribution < 1.29 is 14.0 Å². The van der Waals surface area contributed by atoms with Crippen LogP contribution in [-0.2, 0) is 6.42 Å². The molecule has 0 atom stereocenters. The van der Waals surface area contributed by atoms with Crippen LogP contribution in [0.1, 0.15) is 37.8 Å². The smallest absolute Gasteiger partial charge is 0.273 e. The quantitative estimate of drug-likeness (QED) is 0.640. The Bertz CT molecular complexity index is 1020. The number of rotatable bonds is 4. The molecule has 7 heteroatoms. The highest BCUT2D eigenvalue weighted by atomic mass is 32.1. The molecule has 0 bridgehead atoms. The molecule has 1 aromatic heterocycles. The van der Waals surface area contributed by atoms with E-state index in [4.69, 9.17) is 0 Å². The molecular weight excluding hydrogens is 401 g/mol. The number of halogens is 1. The van der Waals surface area contributed by atoms with Crippen molar-refractivity contribution in [2.75, 3.05) is 26.2 Å². The summed E-state index contributed by atoms with van der Waals surface area (Å²) in [5.74, 6) is -0.598. The molecule has 0 radical (unpaired) electrons. The van der Waals surface area contributed by atoms with E-state index >= 15 is 0 Å².